The highest BCUT2D eigenvalue weighted by Crippen LogP contribution is 2.41. The molecule has 1 heterocycles. The van der Waals surface area contributed by atoms with E-state index in [2.05, 4.69) is 0 Å². The molecule has 1 fully saturated rings. The molecule has 3 unspecified atom stereocenters. The number of carbonyl (C=O) groups is 1. The number of thiophene rings is 1. The monoisotopic (exact) mass is 496 g/mol. The maximum Gasteiger partial charge on any atom is 0.303 e. The van der Waals surface area contributed by atoms with Crippen LogP contribution in [0.2, 0.25) is 14.4 Å². The Hall–Kier alpha value is -0.600. The Morgan fingerprint density at radius 2 is 1.90 bits per heavy atom. The summed E-state index contributed by atoms with van der Waals surface area (Å²) in [5.41, 5.74) is 0. The molecule has 2 rings (SSSR count). The van der Waals surface area contributed by atoms with Crippen LogP contribution in [0.3, 0.4) is 0 Å². The second-order valence-electron chi connectivity index (χ2n) is 7.52. The van der Waals surface area contributed by atoms with Crippen LogP contribution in [-0.2, 0) is 11.2 Å². The lowest BCUT2D eigenvalue weighted by molar-refractivity contribution is -0.137. The smallest absolute Gasteiger partial charge is 0.303 e. The first-order chi connectivity index (χ1) is 14.2. The van der Waals surface area contributed by atoms with Crippen molar-refractivity contribution in [1.29, 1.82) is 0 Å². The van der Waals surface area contributed by atoms with Crippen molar-refractivity contribution in [2.24, 2.45) is 11.8 Å². The third-order valence-corrected chi connectivity index (χ3v) is 7.97. The lowest BCUT2D eigenvalue weighted by Gasteiger charge is -2.19. The fourth-order valence-corrected chi connectivity index (χ4v) is 5.54. The van der Waals surface area contributed by atoms with Crippen LogP contribution in [0.15, 0.2) is 24.3 Å². The molecule has 0 aliphatic heterocycles. The van der Waals surface area contributed by atoms with Crippen LogP contribution >= 0.6 is 46.1 Å². The number of aliphatic hydroxyl groups excluding tert-OH is 3. The Bertz CT molecular complexity index is 764. The first-order valence-corrected chi connectivity index (χ1v) is 11.9. The number of carboxylic acid groups (broad SMARTS) is 1. The predicted octanol–water partition coefficient (Wildman–Crippen LogP) is 5.12. The van der Waals surface area contributed by atoms with Gasteiger partial charge in [0.1, 0.15) is 4.34 Å². The SMILES string of the molecule is O=C(O)CCCC=CC[C@H]1C(O)CC(O)[C@@H]1C=CC(O)CCc1sc(Cl)c(Cl)c1Cl. The van der Waals surface area contributed by atoms with Gasteiger partial charge in [-0.05, 0) is 38.0 Å². The summed E-state index contributed by atoms with van der Waals surface area (Å²) >= 11 is 19.4. The van der Waals surface area contributed by atoms with E-state index in [4.69, 9.17) is 39.9 Å². The van der Waals surface area contributed by atoms with Crippen molar-refractivity contribution in [3.05, 3.63) is 43.6 Å². The molecule has 1 aliphatic rings. The molecule has 0 amide bonds. The van der Waals surface area contributed by atoms with E-state index in [0.29, 0.717) is 52.9 Å². The molecule has 9 heteroatoms. The summed E-state index contributed by atoms with van der Waals surface area (Å²) < 4.78 is 0.434. The molecule has 5 atom stereocenters. The maximum absolute atomic E-state index is 10.5. The molecule has 1 aromatic rings. The van der Waals surface area contributed by atoms with Gasteiger partial charge in [-0.1, -0.05) is 59.1 Å². The van der Waals surface area contributed by atoms with E-state index in [1.165, 1.54) is 11.3 Å². The van der Waals surface area contributed by atoms with Crippen molar-refractivity contribution < 1.29 is 25.2 Å². The molecule has 1 saturated carbocycles. The highest BCUT2D eigenvalue weighted by Gasteiger charge is 2.39. The normalized spacial score (nSPS) is 25.5. The molecule has 168 valence electrons. The minimum Gasteiger partial charge on any atom is -0.481 e. The molecule has 0 aromatic carbocycles. The van der Waals surface area contributed by atoms with Crippen LogP contribution in [0, 0.1) is 11.8 Å². The summed E-state index contributed by atoms with van der Waals surface area (Å²) in [6, 6.07) is 0. The number of hydrogen-bond acceptors (Lipinski definition) is 5. The zero-order chi connectivity index (χ0) is 22.3. The van der Waals surface area contributed by atoms with E-state index in [-0.39, 0.29) is 18.3 Å². The first-order valence-electron chi connectivity index (χ1n) is 9.92. The Balaban J connectivity index is 1.86. The summed E-state index contributed by atoms with van der Waals surface area (Å²) in [6.45, 7) is 0. The standard InChI is InChI=1S/C21H27Cl3O5S/c22-19-17(30-21(24)20(19)23)10-8-12(25)7-9-14-13(15(26)11-16(14)27)5-3-1-2-4-6-18(28)29/h1,3,7,9,12-16,25-27H,2,4-6,8,10-11H2,(H,28,29)/t12?,13-,14-,15?,16?/m1/s1. The fraction of sp³-hybridized carbons (Fsp3) is 0.571. The number of rotatable bonds is 11. The molecule has 0 radical (unpaired) electrons. The van der Waals surface area contributed by atoms with E-state index < -0.39 is 24.3 Å². The average molecular weight is 498 g/mol. The Kier molecular flexibility index (Phi) is 10.6. The third-order valence-electron chi connectivity index (χ3n) is 5.30. The second-order valence-corrected chi connectivity index (χ2v) is 9.99. The van der Waals surface area contributed by atoms with E-state index in [9.17, 15) is 20.1 Å². The van der Waals surface area contributed by atoms with Crippen LogP contribution < -0.4 is 0 Å². The average Bonchev–Trinajstić information content (AvgIpc) is 3.09. The molecule has 0 spiro atoms. The molecular formula is C21H27Cl3O5S. The number of carboxylic acids is 1. The van der Waals surface area contributed by atoms with Crippen LogP contribution in [0.4, 0.5) is 0 Å². The lowest BCUT2D eigenvalue weighted by Crippen LogP contribution is -2.20. The summed E-state index contributed by atoms with van der Waals surface area (Å²) in [4.78, 5) is 11.3. The number of allylic oxidation sites excluding steroid dienone is 2. The van der Waals surface area contributed by atoms with Crippen LogP contribution in [0.1, 0.15) is 43.4 Å². The number of aliphatic carboxylic acids is 1. The number of aliphatic hydroxyl groups is 3. The summed E-state index contributed by atoms with van der Waals surface area (Å²) in [7, 11) is 0. The molecule has 4 N–H and O–H groups in total. The van der Waals surface area contributed by atoms with Crippen molar-refractivity contribution in [3.8, 4) is 0 Å². The van der Waals surface area contributed by atoms with E-state index in [1.807, 2.05) is 12.2 Å². The third kappa shape index (κ3) is 7.52. The van der Waals surface area contributed by atoms with Gasteiger partial charge in [-0.15, -0.1) is 11.3 Å². The highest BCUT2D eigenvalue weighted by molar-refractivity contribution is 7.17. The second kappa shape index (κ2) is 12.4. The lowest BCUT2D eigenvalue weighted by atomic mass is 9.89. The van der Waals surface area contributed by atoms with Crippen LogP contribution in [0.25, 0.3) is 0 Å². The fourth-order valence-electron chi connectivity index (χ4n) is 3.65. The number of aryl methyl sites for hydroxylation is 1. The van der Waals surface area contributed by atoms with Gasteiger partial charge >= 0.3 is 5.97 Å². The molecule has 5 nitrogen and oxygen atoms in total. The number of unbranched alkanes of at least 4 members (excludes halogenated alkanes) is 1. The van der Waals surface area contributed by atoms with E-state index in [0.717, 1.165) is 4.88 Å². The van der Waals surface area contributed by atoms with Gasteiger partial charge in [0.25, 0.3) is 0 Å². The van der Waals surface area contributed by atoms with Gasteiger partial charge in [-0.3, -0.25) is 4.79 Å². The Labute approximate surface area is 195 Å². The van der Waals surface area contributed by atoms with Gasteiger partial charge in [0.2, 0.25) is 0 Å². The number of halogens is 3. The highest BCUT2D eigenvalue weighted by atomic mass is 35.5. The summed E-state index contributed by atoms with van der Waals surface area (Å²) in [5, 5.41) is 40.3. The topological polar surface area (TPSA) is 98.0 Å². The van der Waals surface area contributed by atoms with Gasteiger partial charge in [0.05, 0.1) is 28.4 Å². The van der Waals surface area contributed by atoms with Gasteiger partial charge in [0, 0.05) is 23.6 Å². The minimum absolute atomic E-state index is 0.132. The van der Waals surface area contributed by atoms with Gasteiger partial charge in [-0.25, -0.2) is 0 Å². The van der Waals surface area contributed by atoms with Gasteiger partial charge in [-0.2, -0.15) is 0 Å². The summed E-state index contributed by atoms with van der Waals surface area (Å²) in [6.07, 6.45) is 8.47. The minimum atomic E-state index is -0.811. The molecule has 30 heavy (non-hydrogen) atoms. The Morgan fingerprint density at radius 3 is 2.53 bits per heavy atom. The van der Waals surface area contributed by atoms with E-state index in [1.54, 1.807) is 12.2 Å². The Morgan fingerprint density at radius 1 is 1.17 bits per heavy atom. The van der Waals surface area contributed by atoms with Crippen molar-refractivity contribution in [2.75, 3.05) is 0 Å². The molecule has 1 aliphatic carbocycles. The van der Waals surface area contributed by atoms with Gasteiger partial charge < -0.3 is 20.4 Å². The van der Waals surface area contributed by atoms with Crippen molar-refractivity contribution in [1.82, 2.24) is 0 Å². The largest absolute Gasteiger partial charge is 0.481 e. The first kappa shape index (κ1) is 25.7. The van der Waals surface area contributed by atoms with Gasteiger partial charge in [0.15, 0.2) is 0 Å². The maximum atomic E-state index is 10.5. The summed E-state index contributed by atoms with van der Waals surface area (Å²) in [5.74, 6) is -1.22. The zero-order valence-electron chi connectivity index (χ0n) is 16.4. The van der Waals surface area contributed by atoms with Crippen molar-refractivity contribution >= 4 is 52.1 Å². The predicted molar refractivity (Wildman–Crippen MR) is 122 cm³/mol. The van der Waals surface area contributed by atoms with Crippen LogP contribution in [0.5, 0.6) is 0 Å². The molecule has 1 aromatic heterocycles. The van der Waals surface area contributed by atoms with Crippen molar-refractivity contribution in [3.63, 3.8) is 0 Å². The van der Waals surface area contributed by atoms with Crippen molar-refractivity contribution in [2.45, 2.75) is 63.3 Å². The zero-order valence-corrected chi connectivity index (χ0v) is 19.5. The van der Waals surface area contributed by atoms with Crippen LogP contribution in [-0.4, -0.2) is 44.7 Å². The number of hydrogen-bond donors (Lipinski definition) is 4. The molecular weight excluding hydrogens is 471 g/mol. The quantitative estimate of drug-likeness (QED) is 0.251. The van der Waals surface area contributed by atoms with E-state index >= 15 is 0 Å². The molecule has 0 saturated heterocycles. The molecule has 0 bridgehead atoms.